The molecule has 0 saturated heterocycles. The molecule has 0 spiro atoms. The molecule has 0 amide bonds. The van der Waals surface area contributed by atoms with Crippen LogP contribution < -0.4 is 0 Å². The number of benzene rings is 1. The molecular formula is C13H11F2NO2. The predicted octanol–water partition coefficient (Wildman–Crippen LogP) is 2.59. The highest BCUT2D eigenvalue weighted by molar-refractivity contribution is 6.15. The normalized spacial score (nSPS) is 11.1. The molecule has 0 N–H and O–H groups in total. The zero-order valence-corrected chi connectivity index (χ0v) is 9.69. The van der Waals surface area contributed by atoms with Crippen LogP contribution in [-0.4, -0.2) is 22.6 Å². The van der Waals surface area contributed by atoms with Gasteiger partial charge in [0.05, 0.1) is 6.42 Å². The maximum atomic E-state index is 12.1. The number of rotatable bonds is 4. The number of halogens is 2. The molecule has 2 rings (SSSR count). The van der Waals surface area contributed by atoms with Gasteiger partial charge in [-0.3, -0.25) is 9.59 Å². The second kappa shape index (κ2) is 4.68. The minimum Gasteiger partial charge on any atom is -0.350 e. The fourth-order valence-electron chi connectivity index (χ4n) is 1.89. The number of hydrogen-bond acceptors (Lipinski definition) is 2. The highest BCUT2D eigenvalue weighted by Gasteiger charge is 2.22. The lowest BCUT2D eigenvalue weighted by molar-refractivity contribution is -0.128. The first-order chi connectivity index (χ1) is 8.50. The van der Waals surface area contributed by atoms with E-state index in [0.717, 1.165) is 5.52 Å². The van der Waals surface area contributed by atoms with Crippen LogP contribution in [-0.2, 0) is 11.8 Å². The molecule has 0 aliphatic rings. The molecule has 0 aliphatic carbocycles. The molecule has 0 saturated carbocycles. The summed E-state index contributed by atoms with van der Waals surface area (Å²) in [6.45, 7) is 0. The van der Waals surface area contributed by atoms with E-state index in [-0.39, 0.29) is 0 Å². The molecule has 0 atom stereocenters. The zero-order valence-electron chi connectivity index (χ0n) is 9.69. The smallest absolute Gasteiger partial charge is 0.296 e. The van der Waals surface area contributed by atoms with Crippen molar-refractivity contribution in [3.8, 4) is 0 Å². The van der Waals surface area contributed by atoms with Gasteiger partial charge in [-0.2, -0.15) is 0 Å². The Morgan fingerprint density at radius 1 is 1.28 bits per heavy atom. The summed E-state index contributed by atoms with van der Waals surface area (Å²) in [6.07, 6.45) is -2.29. The third-order valence-electron chi connectivity index (χ3n) is 2.78. The van der Waals surface area contributed by atoms with E-state index in [2.05, 4.69) is 0 Å². The summed E-state index contributed by atoms with van der Waals surface area (Å²) in [5, 5.41) is 0.673. The molecule has 0 aliphatic heterocycles. The van der Waals surface area contributed by atoms with E-state index in [1.807, 2.05) is 12.1 Å². The Morgan fingerprint density at radius 2 is 1.94 bits per heavy atom. The third kappa shape index (κ3) is 2.16. The molecule has 5 heteroatoms. The van der Waals surface area contributed by atoms with Crippen LogP contribution in [0.2, 0.25) is 0 Å². The average Bonchev–Trinajstić information content (AvgIpc) is 2.67. The lowest BCUT2D eigenvalue weighted by atomic mass is 10.1. The molecule has 2 aromatic rings. The Labute approximate surface area is 102 Å². The number of aryl methyl sites for hydroxylation is 1. The molecular weight excluding hydrogens is 240 g/mol. The number of hydrogen-bond donors (Lipinski definition) is 0. The van der Waals surface area contributed by atoms with Gasteiger partial charge in [0, 0.05) is 29.7 Å². The lowest BCUT2D eigenvalue weighted by Gasteiger charge is -1.98. The lowest BCUT2D eigenvalue weighted by Crippen LogP contribution is -2.15. The topological polar surface area (TPSA) is 39.1 Å². The minimum absolute atomic E-state index is 0.308. The summed E-state index contributed by atoms with van der Waals surface area (Å²) in [6, 6.07) is 7.13. The SMILES string of the molecule is Cn1cc(C(=O)CC(=O)C(F)F)c2ccccc21. The molecule has 0 radical (unpaired) electrons. The van der Waals surface area contributed by atoms with E-state index < -0.39 is 24.4 Å². The zero-order chi connectivity index (χ0) is 13.3. The van der Waals surface area contributed by atoms with Gasteiger partial charge in [-0.15, -0.1) is 0 Å². The van der Waals surface area contributed by atoms with Crippen molar-refractivity contribution in [3.05, 3.63) is 36.0 Å². The van der Waals surface area contributed by atoms with Gasteiger partial charge in [0.2, 0.25) is 5.78 Å². The summed E-state index contributed by atoms with van der Waals surface area (Å²) in [5.74, 6) is -1.91. The number of aromatic nitrogens is 1. The van der Waals surface area contributed by atoms with E-state index in [0.29, 0.717) is 10.9 Å². The maximum Gasteiger partial charge on any atom is 0.296 e. The third-order valence-corrected chi connectivity index (χ3v) is 2.78. The Morgan fingerprint density at radius 3 is 2.61 bits per heavy atom. The summed E-state index contributed by atoms with van der Waals surface area (Å²) < 4.78 is 26.0. The van der Waals surface area contributed by atoms with Gasteiger partial charge in [0.1, 0.15) is 0 Å². The summed E-state index contributed by atoms with van der Waals surface area (Å²) in [7, 11) is 1.76. The number of alkyl halides is 2. The van der Waals surface area contributed by atoms with Crippen molar-refractivity contribution in [2.75, 3.05) is 0 Å². The largest absolute Gasteiger partial charge is 0.350 e. The van der Waals surface area contributed by atoms with Crippen molar-refractivity contribution < 1.29 is 18.4 Å². The molecule has 1 aromatic carbocycles. The van der Waals surface area contributed by atoms with E-state index in [9.17, 15) is 18.4 Å². The first kappa shape index (κ1) is 12.4. The van der Waals surface area contributed by atoms with E-state index in [1.165, 1.54) is 0 Å². The molecule has 0 bridgehead atoms. The molecule has 18 heavy (non-hydrogen) atoms. The predicted molar refractivity (Wildman–Crippen MR) is 62.9 cm³/mol. The monoisotopic (exact) mass is 251 g/mol. The van der Waals surface area contributed by atoms with Crippen molar-refractivity contribution in [1.82, 2.24) is 4.57 Å². The van der Waals surface area contributed by atoms with Crippen LogP contribution in [0.3, 0.4) is 0 Å². The second-order valence-corrected chi connectivity index (χ2v) is 4.04. The van der Waals surface area contributed by atoms with Crippen molar-refractivity contribution in [1.29, 1.82) is 0 Å². The van der Waals surface area contributed by atoms with Crippen LogP contribution in [0, 0.1) is 0 Å². The first-order valence-electron chi connectivity index (χ1n) is 5.39. The summed E-state index contributed by atoms with van der Waals surface area (Å²) in [5.41, 5.74) is 1.13. The van der Waals surface area contributed by atoms with Crippen molar-refractivity contribution in [2.45, 2.75) is 12.8 Å². The van der Waals surface area contributed by atoms with Gasteiger partial charge in [-0.05, 0) is 6.07 Å². The standard InChI is InChI=1S/C13H11F2NO2/c1-16-7-9(8-4-2-3-5-10(8)16)11(17)6-12(18)13(14)15/h2-5,7,13H,6H2,1H3. The molecule has 1 heterocycles. The van der Waals surface area contributed by atoms with Crippen LogP contribution in [0.15, 0.2) is 30.5 Å². The van der Waals surface area contributed by atoms with Gasteiger partial charge < -0.3 is 4.57 Å². The Bertz CT molecular complexity index is 616. The molecule has 1 aromatic heterocycles. The highest BCUT2D eigenvalue weighted by atomic mass is 19.3. The van der Waals surface area contributed by atoms with E-state index in [1.54, 1.807) is 29.9 Å². The quantitative estimate of drug-likeness (QED) is 0.619. The van der Waals surface area contributed by atoms with Crippen LogP contribution >= 0.6 is 0 Å². The van der Waals surface area contributed by atoms with E-state index >= 15 is 0 Å². The van der Waals surface area contributed by atoms with Gasteiger partial charge in [0.15, 0.2) is 5.78 Å². The summed E-state index contributed by atoms with van der Waals surface area (Å²) in [4.78, 5) is 22.7. The molecule has 3 nitrogen and oxygen atoms in total. The van der Waals surface area contributed by atoms with Crippen molar-refractivity contribution in [3.63, 3.8) is 0 Å². The Hall–Kier alpha value is -2.04. The number of ketones is 2. The molecule has 0 unspecified atom stereocenters. The van der Waals surface area contributed by atoms with Crippen molar-refractivity contribution in [2.24, 2.45) is 7.05 Å². The van der Waals surface area contributed by atoms with Crippen LogP contribution in [0.5, 0.6) is 0 Å². The van der Waals surface area contributed by atoms with Crippen LogP contribution in [0.4, 0.5) is 8.78 Å². The summed E-state index contributed by atoms with van der Waals surface area (Å²) >= 11 is 0. The van der Waals surface area contributed by atoms with Crippen LogP contribution in [0.1, 0.15) is 16.8 Å². The number of para-hydroxylation sites is 1. The fourth-order valence-corrected chi connectivity index (χ4v) is 1.89. The molecule has 0 fully saturated rings. The maximum absolute atomic E-state index is 12.1. The van der Waals surface area contributed by atoms with Gasteiger partial charge in [0.25, 0.3) is 6.43 Å². The van der Waals surface area contributed by atoms with Crippen LogP contribution in [0.25, 0.3) is 10.9 Å². The number of fused-ring (bicyclic) bond motifs is 1. The molecule has 94 valence electrons. The Kier molecular flexibility index (Phi) is 3.23. The number of nitrogens with zero attached hydrogens (tertiary/aromatic N) is 1. The number of carbonyl (C=O) groups excluding carboxylic acids is 2. The van der Waals surface area contributed by atoms with Crippen molar-refractivity contribution >= 4 is 22.5 Å². The average molecular weight is 251 g/mol. The van der Waals surface area contributed by atoms with Gasteiger partial charge in [-0.25, -0.2) is 8.78 Å². The second-order valence-electron chi connectivity index (χ2n) is 4.04. The number of Topliss-reactive ketones (excluding diaryl/α,β-unsaturated/α-hetero) is 2. The number of carbonyl (C=O) groups is 2. The van der Waals surface area contributed by atoms with Gasteiger partial charge in [-0.1, -0.05) is 18.2 Å². The first-order valence-corrected chi connectivity index (χ1v) is 5.39. The Balaban J connectivity index is 2.37. The minimum atomic E-state index is -3.09. The van der Waals surface area contributed by atoms with Gasteiger partial charge >= 0.3 is 0 Å². The highest BCUT2D eigenvalue weighted by Crippen LogP contribution is 2.21. The fraction of sp³-hybridized carbons (Fsp3) is 0.231. The van der Waals surface area contributed by atoms with E-state index in [4.69, 9.17) is 0 Å².